The molecule has 0 saturated heterocycles. The van der Waals surface area contributed by atoms with Crippen LogP contribution in [-0.4, -0.2) is 0 Å². The zero-order chi connectivity index (χ0) is 20.5. The molecule has 0 aliphatic carbocycles. The number of ether oxygens (including phenoxy) is 1. The summed E-state index contributed by atoms with van der Waals surface area (Å²) in [5.74, 6) is -0.578. The number of hydrogen-bond donors (Lipinski definition) is 0. The molecule has 146 valence electrons. The zero-order valence-corrected chi connectivity index (χ0v) is 16.1. The Morgan fingerprint density at radius 1 is 1.00 bits per heavy atom. The van der Waals surface area contributed by atoms with E-state index in [1.165, 1.54) is 24.3 Å². The van der Waals surface area contributed by atoms with Gasteiger partial charge in [0.15, 0.2) is 0 Å². The molecule has 1 aromatic heterocycles. The molecular weight excluding hydrogens is 398 g/mol. The van der Waals surface area contributed by atoms with Crippen LogP contribution in [0, 0.1) is 18.6 Å². The van der Waals surface area contributed by atoms with Gasteiger partial charge in [-0.1, -0.05) is 29.8 Å². The molecule has 29 heavy (non-hydrogen) atoms. The highest BCUT2D eigenvalue weighted by molar-refractivity contribution is 6.30. The first-order valence-electron chi connectivity index (χ1n) is 8.83. The average molecular weight is 413 g/mol. The molecule has 4 rings (SSSR count). The molecule has 4 aromatic rings. The maximum absolute atomic E-state index is 13.8. The molecule has 0 bridgehead atoms. The van der Waals surface area contributed by atoms with Crippen LogP contribution in [0.3, 0.4) is 0 Å². The van der Waals surface area contributed by atoms with Crippen LogP contribution in [0.2, 0.25) is 5.02 Å². The highest BCUT2D eigenvalue weighted by Crippen LogP contribution is 2.27. The number of hydrogen-bond acceptors (Lipinski definition) is 3. The minimum atomic E-state index is -0.680. The predicted octanol–water partition coefficient (Wildman–Crippen LogP) is 6.28. The Kier molecular flexibility index (Phi) is 5.07. The van der Waals surface area contributed by atoms with Crippen LogP contribution in [0.5, 0.6) is 5.75 Å². The van der Waals surface area contributed by atoms with E-state index in [0.29, 0.717) is 38.6 Å². The fraction of sp³-hybridized carbons (Fsp3) is 0.0870. The van der Waals surface area contributed by atoms with E-state index in [2.05, 4.69) is 0 Å². The number of benzene rings is 3. The van der Waals surface area contributed by atoms with Crippen LogP contribution in [0.25, 0.3) is 22.1 Å². The van der Waals surface area contributed by atoms with E-state index in [1.54, 1.807) is 43.3 Å². The monoisotopic (exact) mass is 412 g/mol. The number of halogens is 3. The maximum atomic E-state index is 13.8. The van der Waals surface area contributed by atoms with Crippen LogP contribution in [-0.2, 0) is 6.61 Å². The summed E-state index contributed by atoms with van der Waals surface area (Å²) in [6.45, 7) is 1.42. The first-order valence-corrected chi connectivity index (χ1v) is 9.21. The second-order valence-electron chi connectivity index (χ2n) is 6.52. The van der Waals surface area contributed by atoms with Gasteiger partial charge in [-0.2, -0.15) is 0 Å². The highest BCUT2D eigenvalue weighted by atomic mass is 35.5. The van der Waals surface area contributed by atoms with Gasteiger partial charge >= 0.3 is 0 Å². The second kappa shape index (κ2) is 7.68. The maximum Gasteiger partial charge on any atom is 0.200 e. The zero-order valence-electron chi connectivity index (χ0n) is 15.3. The number of fused-ring (bicyclic) bond motifs is 1. The second-order valence-corrected chi connectivity index (χ2v) is 6.95. The lowest BCUT2D eigenvalue weighted by molar-refractivity contribution is 0.292. The third-order valence-corrected chi connectivity index (χ3v) is 4.87. The van der Waals surface area contributed by atoms with Crippen molar-refractivity contribution < 1.29 is 17.9 Å². The number of rotatable bonds is 4. The van der Waals surface area contributed by atoms with E-state index in [4.69, 9.17) is 20.8 Å². The standard InChI is InChI=1S/C23H15ClF2O3/c1-13-22(14-5-7-15(24)8-6-14)23(27)17-10-9-16(11-21(17)29-13)28-12-18-19(25)3-2-4-20(18)26/h2-11H,12H2,1H3. The summed E-state index contributed by atoms with van der Waals surface area (Å²) in [6.07, 6.45) is 0. The van der Waals surface area contributed by atoms with Gasteiger partial charge in [0, 0.05) is 11.1 Å². The van der Waals surface area contributed by atoms with E-state index < -0.39 is 11.6 Å². The molecule has 0 saturated carbocycles. The van der Waals surface area contributed by atoms with Gasteiger partial charge in [0.25, 0.3) is 0 Å². The van der Waals surface area contributed by atoms with Crippen molar-refractivity contribution >= 4 is 22.6 Å². The minimum absolute atomic E-state index is 0.164. The Hall–Kier alpha value is -3.18. The molecule has 0 atom stereocenters. The molecule has 0 spiro atoms. The summed E-state index contributed by atoms with van der Waals surface area (Å²) in [7, 11) is 0. The SMILES string of the molecule is Cc1oc2cc(OCc3c(F)cccc3F)ccc2c(=O)c1-c1ccc(Cl)cc1. The van der Waals surface area contributed by atoms with Gasteiger partial charge in [0.1, 0.15) is 35.3 Å². The van der Waals surface area contributed by atoms with Crippen molar-refractivity contribution in [2.24, 2.45) is 0 Å². The van der Waals surface area contributed by atoms with Crippen molar-refractivity contribution in [1.29, 1.82) is 0 Å². The van der Waals surface area contributed by atoms with E-state index in [9.17, 15) is 13.6 Å². The third kappa shape index (κ3) is 3.74. The third-order valence-electron chi connectivity index (χ3n) is 4.62. The summed E-state index contributed by atoms with van der Waals surface area (Å²) >= 11 is 5.92. The molecule has 0 N–H and O–H groups in total. The molecule has 0 aliphatic heterocycles. The summed E-state index contributed by atoms with van der Waals surface area (Å²) in [5.41, 5.74) is 1.15. The van der Waals surface area contributed by atoms with Gasteiger partial charge in [-0.05, 0) is 48.9 Å². The van der Waals surface area contributed by atoms with Gasteiger partial charge in [0.05, 0.1) is 16.5 Å². The van der Waals surface area contributed by atoms with Gasteiger partial charge in [-0.15, -0.1) is 0 Å². The van der Waals surface area contributed by atoms with Crippen molar-refractivity contribution in [2.75, 3.05) is 0 Å². The summed E-state index contributed by atoms with van der Waals surface area (Å²) in [4.78, 5) is 13.0. The van der Waals surface area contributed by atoms with Crippen LogP contribution >= 0.6 is 11.6 Å². The molecule has 3 nitrogen and oxygen atoms in total. The van der Waals surface area contributed by atoms with Crippen LogP contribution in [0.15, 0.2) is 69.9 Å². The molecule has 6 heteroatoms. The molecule has 1 heterocycles. The van der Waals surface area contributed by atoms with Crippen molar-refractivity contribution in [2.45, 2.75) is 13.5 Å². The fourth-order valence-electron chi connectivity index (χ4n) is 3.15. The summed E-state index contributed by atoms with van der Waals surface area (Å²) in [6, 6.07) is 15.2. The van der Waals surface area contributed by atoms with Gasteiger partial charge in [-0.3, -0.25) is 4.79 Å². The smallest absolute Gasteiger partial charge is 0.200 e. The Labute approximate surface area is 170 Å². The minimum Gasteiger partial charge on any atom is -0.489 e. The topological polar surface area (TPSA) is 39.4 Å². The molecule has 0 aliphatic rings. The predicted molar refractivity (Wildman–Crippen MR) is 108 cm³/mol. The Morgan fingerprint density at radius 2 is 1.69 bits per heavy atom. The normalized spacial score (nSPS) is 11.0. The van der Waals surface area contributed by atoms with E-state index >= 15 is 0 Å². The molecule has 3 aromatic carbocycles. The Bertz CT molecular complexity index is 1240. The Balaban J connectivity index is 1.69. The van der Waals surface area contributed by atoms with E-state index in [-0.39, 0.29) is 17.6 Å². The molecule has 0 radical (unpaired) electrons. The lowest BCUT2D eigenvalue weighted by atomic mass is 10.0. The van der Waals surface area contributed by atoms with Crippen LogP contribution in [0.1, 0.15) is 11.3 Å². The first kappa shape index (κ1) is 19.2. The largest absolute Gasteiger partial charge is 0.489 e. The first-order chi connectivity index (χ1) is 13.9. The fourth-order valence-corrected chi connectivity index (χ4v) is 3.28. The molecule has 0 fully saturated rings. The van der Waals surface area contributed by atoms with Crippen LogP contribution < -0.4 is 10.2 Å². The van der Waals surface area contributed by atoms with Gasteiger partial charge in [-0.25, -0.2) is 8.78 Å². The molecular formula is C23H15ClF2O3. The van der Waals surface area contributed by atoms with Crippen molar-refractivity contribution in [3.8, 4) is 16.9 Å². The van der Waals surface area contributed by atoms with Gasteiger partial charge < -0.3 is 9.15 Å². The highest BCUT2D eigenvalue weighted by Gasteiger charge is 2.15. The number of aryl methyl sites for hydroxylation is 1. The average Bonchev–Trinajstić information content (AvgIpc) is 2.69. The lowest BCUT2D eigenvalue weighted by Crippen LogP contribution is -2.08. The van der Waals surface area contributed by atoms with E-state index in [1.807, 2.05) is 0 Å². The van der Waals surface area contributed by atoms with Gasteiger partial charge in [0.2, 0.25) is 5.43 Å². The van der Waals surface area contributed by atoms with Crippen molar-refractivity contribution in [3.63, 3.8) is 0 Å². The van der Waals surface area contributed by atoms with Crippen molar-refractivity contribution in [3.05, 3.63) is 98.9 Å². The lowest BCUT2D eigenvalue weighted by Gasteiger charge is -2.10. The summed E-state index contributed by atoms with van der Waals surface area (Å²) < 4.78 is 38.9. The summed E-state index contributed by atoms with van der Waals surface area (Å²) in [5, 5.41) is 0.953. The van der Waals surface area contributed by atoms with Crippen LogP contribution in [0.4, 0.5) is 8.78 Å². The Morgan fingerprint density at radius 3 is 2.38 bits per heavy atom. The van der Waals surface area contributed by atoms with E-state index in [0.717, 1.165) is 0 Å². The quantitative estimate of drug-likeness (QED) is 0.396. The van der Waals surface area contributed by atoms with Crippen molar-refractivity contribution in [1.82, 2.24) is 0 Å². The molecule has 0 amide bonds. The molecule has 0 unspecified atom stereocenters.